The molecule has 9 heteroatoms. The molecule has 8 nitrogen and oxygen atoms in total. The highest BCUT2D eigenvalue weighted by molar-refractivity contribution is 7.07. The lowest BCUT2D eigenvalue weighted by atomic mass is 9.87. The Bertz CT molecular complexity index is 1070. The van der Waals surface area contributed by atoms with Crippen molar-refractivity contribution in [1.29, 1.82) is 0 Å². The minimum atomic E-state index is -0.618. The SMILES string of the molecule is COc1cc(C(=O)Nc2ccc(C(C)(C)C)cc2)c([N+](=O)[O-])cc1OCc1cscn1. The van der Waals surface area contributed by atoms with E-state index in [1.54, 1.807) is 17.6 Å². The number of ether oxygens (including phenoxy) is 2. The van der Waals surface area contributed by atoms with Crippen LogP contribution in [0.4, 0.5) is 11.4 Å². The maximum absolute atomic E-state index is 12.8. The number of rotatable bonds is 7. The van der Waals surface area contributed by atoms with Gasteiger partial charge in [0.15, 0.2) is 11.5 Å². The first-order chi connectivity index (χ1) is 14.7. The van der Waals surface area contributed by atoms with Crippen LogP contribution in [-0.2, 0) is 12.0 Å². The van der Waals surface area contributed by atoms with Crippen LogP contribution in [-0.4, -0.2) is 22.9 Å². The van der Waals surface area contributed by atoms with Crippen LogP contribution in [0.15, 0.2) is 47.3 Å². The molecule has 0 radical (unpaired) electrons. The van der Waals surface area contributed by atoms with Gasteiger partial charge in [-0.1, -0.05) is 32.9 Å². The molecule has 3 aromatic rings. The smallest absolute Gasteiger partial charge is 0.286 e. The Labute approximate surface area is 184 Å². The number of thiazole rings is 1. The van der Waals surface area contributed by atoms with Gasteiger partial charge >= 0.3 is 0 Å². The summed E-state index contributed by atoms with van der Waals surface area (Å²) in [6.45, 7) is 6.40. The van der Waals surface area contributed by atoms with Gasteiger partial charge in [-0.05, 0) is 23.1 Å². The summed E-state index contributed by atoms with van der Waals surface area (Å²) in [5, 5.41) is 16.2. The Morgan fingerprint density at radius 1 is 1.19 bits per heavy atom. The van der Waals surface area contributed by atoms with Crippen molar-refractivity contribution in [3.8, 4) is 11.5 Å². The second-order valence-corrected chi connectivity index (χ2v) is 8.55. The van der Waals surface area contributed by atoms with Gasteiger partial charge in [0.05, 0.1) is 29.3 Å². The average Bonchev–Trinajstić information content (AvgIpc) is 3.24. The summed E-state index contributed by atoms with van der Waals surface area (Å²) in [5.74, 6) is -0.234. The molecule has 0 spiro atoms. The number of hydrogen-bond donors (Lipinski definition) is 1. The van der Waals surface area contributed by atoms with Crippen molar-refractivity contribution in [3.05, 3.63) is 74.2 Å². The molecule has 3 rings (SSSR count). The molecule has 162 valence electrons. The van der Waals surface area contributed by atoms with Gasteiger partial charge in [-0.3, -0.25) is 14.9 Å². The van der Waals surface area contributed by atoms with Crippen LogP contribution in [0.3, 0.4) is 0 Å². The normalized spacial score (nSPS) is 11.1. The minimum Gasteiger partial charge on any atom is -0.493 e. The van der Waals surface area contributed by atoms with Crippen molar-refractivity contribution in [2.24, 2.45) is 0 Å². The monoisotopic (exact) mass is 441 g/mol. The molecule has 0 unspecified atom stereocenters. The van der Waals surface area contributed by atoms with Crippen LogP contribution >= 0.6 is 11.3 Å². The Hall–Kier alpha value is -3.46. The number of carbonyl (C=O) groups is 1. The Balaban J connectivity index is 1.86. The lowest BCUT2D eigenvalue weighted by molar-refractivity contribution is -0.385. The molecule has 0 saturated carbocycles. The third-order valence-electron chi connectivity index (χ3n) is 4.59. The molecular formula is C22H23N3O5S. The first kappa shape index (κ1) is 22.2. The molecule has 2 aromatic carbocycles. The van der Waals surface area contributed by atoms with E-state index in [1.807, 2.05) is 17.5 Å². The molecule has 0 fully saturated rings. The van der Waals surface area contributed by atoms with E-state index in [9.17, 15) is 14.9 Å². The Morgan fingerprint density at radius 3 is 2.45 bits per heavy atom. The number of aromatic nitrogens is 1. The van der Waals surface area contributed by atoms with Crippen molar-refractivity contribution in [2.75, 3.05) is 12.4 Å². The van der Waals surface area contributed by atoms with Crippen molar-refractivity contribution in [2.45, 2.75) is 32.8 Å². The lowest BCUT2D eigenvalue weighted by Gasteiger charge is -2.19. The fourth-order valence-electron chi connectivity index (χ4n) is 2.87. The molecule has 1 aromatic heterocycles. The Morgan fingerprint density at radius 2 is 1.90 bits per heavy atom. The van der Waals surface area contributed by atoms with E-state index in [0.29, 0.717) is 11.4 Å². The van der Waals surface area contributed by atoms with Crippen LogP contribution in [0, 0.1) is 10.1 Å². The van der Waals surface area contributed by atoms with E-state index in [4.69, 9.17) is 9.47 Å². The number of methoxy groups -OCH3 is 1. The summed E-state index contributed by atoms with van der Waals surface area (Å²) in [7, 11) is 1.41. The van der Waals surface area contributed by atoms with E-state index in [1.165, 1.54) is 30.6 Å². The number of amides is 1. The molecule has 31 heavy (non-hydrogen) atoms. The van der Waals surface area contributed by atoms with Crippen molar-refractivity contribution in [3.63, 3.8) is 0 Å². The second-order valence-electron chi connectivity index (χ2n) is 7.83. The highest BCUT2D eigenvalue weighted by Crippen LogP contribution is 2.35. The maximum atomic E-state index is 12.8. The fraction of sp³-hybridized carbons (Fsp3) is 0.273. The summed E-state index contributed by atoms with van der Waals surface area (Å²) in [6.07, 6.45) is 0. The van der Waals surface area contributed by atoms with E-state index < -0.39 is 10.8 Å². The number of carbonyl (C=O) groups excluding carboxylic acids is 1. The van der Waals surface area contributed by atoms with Gasteiger partial charge in [0.2, 0.25) is 0 Å². The molecule has 1 amide bonds. The van der Waals surface area contributed by atoms with Crippen LogP contribution < -0.4 is 14.8 Å². The molecule has 0 aliphatic carbocycles. The van der Waals surface area contributed by atoms with E-state index >= 15 is 0 Å². The number of benzene rings is 2. The van der Waals surface area contributed by atoms with Gasteiger partial charge in [0.1, 0.15) is 12.2 Å². The average molecular weight is 442 g/mol. The standard InChI is InChI=1S/C22H23N3O5S/c1-22(2,3)14-5-7-15(8-6-14)24-21(26)17-9-19(29-4)20(10-18(17)25(27)28)30-11-16-12-31-13-23-16/h5-10,12-13H,11H2,1-4H3,(H,24,26). The van der Waals surface area contributed by atoms with Gasteiger partial charge in [-0.15, -0.1) is 11.3 Å². The van der Waals surface area contributed by atoms with E-state index in [-0.39, 0.29) is 34.8 Å². The predicted molar refractivity (Wildman–Crippen MR) is 119 cm³/mol. The number of anilines is 1. The third kappa shape index (κ3) is 5.37. The van der Waals surface area contributed by atoms with Gasteiger partial charge < -0.3 is 14.8 Å². The molecular weight excluding hydrogens is 418 g/mol. The highest BCUT2D eigenvalue weighted by atomic mass is 32.1. The topological polar surface area (TPSA) is 104 Å². The number of nitrogens with zero attached hydrogens (tertiary/aromatic N) is 2. The van der Waals surface area contributed by atoms with E-state index in [2.05, 4.69) is 31.1 Å². The van der Waals surface area contributed by atoms with Crippen LogP contribution in [0.2, 0.25) is 0 Å². The van der Waals surface area contributed by atoms with Gasteiger partial charge in [-0.25, -0.2) is 4.98 Å². The first-order valence-corrected chi connectivity index (χ1v) is 10.4. The van der Waals surface area contributed by atoms with Crippen molar-refractivity contribution < 1.29 is 19.2 Å². The molecule has 0 atom stereocenters. The number of nitro groups is 1. The molecule has 0 saturated heterocycles. The summed E-state index contributed by atoms with van der Waals surface area (Å²) in [6, 6.07) is 9.88. The Kier molecular flexibility index (Phi) is 6.55. The quantitative estimate of drug-likeness (QED) is 0.400. The molecule has 1 heterocycles. The first-order valence-electron chi connectivity index (χ1n) is 9.47. The second kappa shape index (κ2) is 9.13. The third-order valence-corrected chi connectivity index (χ3v) is 5.23. The van der Waals surface area contributed by atoms with Crippen LogP contribution in [0.5, 0.6) is 11.5 Å². The minimum absolute atomic E-state index is 0.0247. The summed E-state index contributed by atoms with van der Waals surface area (Å²) in [4.78, 5) is 28.0. The number of nitrogens with one attached hydrogen (secondary N) is 1. The van der Waals surface area contributed by atoms with Gasteiger partial charge in [0, 0.05) is 17.1 Å². The molecule has 1 N–H and O–H groups in total. The van der Waals surface area contributed by atoms with Crippen molar-refractivity contribution in [1.82, 2.24) is 4.98 Å². The molecule has 0 bridgehead atoms. The summed E-state index contributed by atoms with van der Waals surface area (Å²) < 4.78 is 10.9. The summed E-state index contributed by atoms with van der Waals surface area (Å²) in [5.41, 5.74) is 3.48. The zero-order valence-corrected chi connectivity index (χ0v) is 18.5. The van der Waals surface area contributed by atoms with Crippen LogP contribution in [0.25, 0.3) is 0 Å². The fourth-order valence-corrected chi connectivity index (χ4v) is 3.41. The lowest BCUT2D eigenvalue weighted by Crippen LogP contribution is -2.15. The maximum Gasteiger partial charge on any atom is 0.286 e. The van der Waals surface area contributed by atoms with Crippen LogP contribution in [0.1, 0.15) is 42.4 Å². The molecule has 0 aliphatic rings. The highest BCUT2D eigenvalue weighted by Gasteiger charge is 2.25. The number of nitro benzene ring substituents is 1. The largest absolute Gasteiger partial charge is 0.493 e. The predicted octanol–water partition coefficient (Wildman–Crippen LogP) is 5.19. The zero-order chi connectivity index (χ0) is 22.6. The molecule has 0 aliphatic heterocycles. The van der Waals surface area contributed by atoms with Gasteiger partial charge in [-0.2, -0.15) is 0 Å². The number of hydrogen-bond acceptors (Lipinski definition) is 7. The summed E-state index contributed by atoms with van der Waals surface area (Å²) >= 11 is 1.42. The van der Waals surface area contributed by atoms with E-state index in [0.717, 1.165) is 5.56 Å². The van der Waals surface area contributed by atoms with Crippen molar-refractivity contribution >= 4 is 28.6 Å². The van der Waals surface area contributed by atoms with Gasteiger partial charge in [0.25, 0.3) is 11.6 Å². The zero-order valence-electron chi connectivity index (χ0n) is 17.7.